The van der Waals surface area contributed by atoms with Crippen LogP contribution in [0, 0.1) is 11.8 Å². The predicted molar refractivity (Wildman–Crippen MR) is 68.0 cm³/mol. The lowest BCUT2D eigenvalue weighted by molar-refractivity contribution is -0.137. The molecule has 0 aromatic heterocycles. The van der Waals surface area contributed by atoms with Crippen LogP contribution in [0.25, 0.3) is 0 Å². The van der Waals surface area contributed by atoms with Crippen LogP contribution in [-0.4, -0.2) is 35.8 Å². The smallest absolute Gasteiger partial charge is 0.240 e. The number of primary amides is 1. The number of nitrogens with two attached hydrogens (primary N) is 2. The van der Waals surface area contributed by atoms with E-state index in [1.165, 1.54) is 4.90 Å². The molecular weight excluding hydrogens is 218 g/mol. The number of nitrogens with zero attached hydrogens (tertiary/aromatic N) is 1. The van der Waals surface area contributed by atoms with Gasteiger partial charge < -0.3 is 16.4 Å². The van der Waals surface area contributed by atoms with E-state index in [9.17, 15) is 9.59 Å². The monoisotopic (exact) mass is 243 g/mol. The van der Waals surface area contributed by atoms with E-state index in [1.807, 2.05) is 27.7 Å². The van der Waals surface area contributed by atoms with Gasteiger partial charge in [0.15, 0.2) is 0 Å². The molecule has 0 saturated heterocycles. The van der Waals surface area contributed by atoms with Crippen LogP contribution in [0.4, 0.5) is 0 Å². The fourth-order valence-corrected chi connectivity index (χ4v) is 1.57. The summed E-state index contributed by atoms with van der Waals surface area (Å²) in [5, 5.41) is 0. The Morgan fingerprint density at radius 3 is 2.12 bits per heavy atom. The first-order valence-corrected chi connectivity index (χ1v) is 6.12. The average Bonchev–Trinajstić information content (AvgIpc) is 2.23. The van der Waals surface area contributed by atoms with Crippen molar-refractivity contribution in [2.24, 2.45) is 23.3 Å². The van der Waals surface area contributed by atoms with Gasteiger partial charge in [0.2, 0.25) is 11.8 Å². The van der Waals surface area contributed by atoms with Crippen molar-refractivity contribution in [2.75, 3.05) is 13.1 Å². The number of carbonyl (C=O) groups excluding carboxylic acids is 2. The molecule has 0 unspecified atom stereocenters. The van der Waals surface area contributed by atoms with Crippen molar-refractivity contribution in [1.29, 1.82) is 0 Å². The van der Waals surface area contributed by atoms with Crippen LogP contribution < -0.4 is 11.5 Å². The van der Waals surface area contributed by atoms with Crippen molar-refractivity contribution >= 4 is 11.8 Å². The first-order valence-electron chi connectivity index (χ1n) is 6.12. The van der Waals surface area contributed by atoms with Crippen LogP contribution in [0.2, 0.25) is 0 Å². The summed E-state index contributed by atoms with van der Waals surface area (Å²) >= 11 is 0. The molecule has 100 valence electrons. The van der Waals surface area contributed by atoms with Crippen molar-refractivity contribution in [1.82, 2.24) is 4.90 Å². The van der Waals surface area contributed by atoms with Crippen LogP contribution >= 0.6 is 0 Å². The summed E-state index contributed by atoms with van der Waals surface area (Å²) in [5.41, 5.74) is 11.0. The first kappa shape index (κ1) is 15.9. The zero-order valence-electron chi connectivity index (χ0n) is 11.3. The molecule has 4 N–H and O–H groups in total. The van der Waals surface area contributed by atoms with Crippen LogP contribution in [0.1, 0.15) is 34.1 Å². The van der Waals surface area contributed by atoms with E-state index in [1.54, 1.807) is 0 Å². The Morgan fingerprint density at radius 1 is 1.24 bits per heavy atom. The third kappa shape index (κ3) is 5.68. The molecule has 0 rings (SSSR count). The Balaban J connectivity index is 4.66. The summed E-state index contributed by atoms with van der Waals surface area (Å²) in [6.45, 7) is 8.33. The Morgan fingerprint density at radius 2 is 1.76 bits per heavy atom. The second kappa shape index (κ2) is 7.27. The second-order valence-electron chi connectivity index (χ2n) is 4.99. The van der Waals surface area contributed by atoms with E-state index in [0.29, 0.717) is 6.54 Å². The SMILES string of the molecule is CC[C@H](C)[C@H](N)C(=O)N(CC(N)=O)CC(C)C. The molecule has 0 fully saturated rings. The van der Waals surface area contributed by atoms with Gasteiger partial charge in [0.1, 0.15) is 0 Å². The van der Waals surface area contributed by atoms with E-state index in [0.717, 1.165) is 6.42 Å². The van der Waals surface area contributed by atoms with E-state index < -0.39 is 11.9 Å². The van der Waals surface area contributed by atoms with Gasteiger partial charge in [-0.1, -0.05) is 34.1 Å². The molecule has 0 saturated carbocycles. The predicted octanol–water partition coefficient (Wildman–Crippen LogP) is 0.330. The quantitative estimate of drug-likeness (QED) is 0.675. The minimum atomic E-state index is -0.557. The average molecular weight is 243 g/mol. The highest BCUT2D eigenvalue weighted by atomic mass is 16.2. The summed E-state index contributed by atoms with van der Waals surface area (Å²) in [7, 11) is 0. The Hall–Kier alpha value is -1.10. The van der Waals surface area contributed by atoms with Crippen LogP contribution in [0.5, 0.6) is 0 Å². The fourth-order valence-electron chi connectivity index (χ4n) is 1.57. The van der Waals surface area contributed by atoms with Gasteiger partial charge in [-0.3, -0.25) is 9.59 Å². The number of rotatable bonds is 7. The molecule has 2 amide bonds. The highest BCUT2D eigenvalue weighted by Crippen LogP contribution is 2.10. The highest BCUT2D eigenvalue weighted by Gasteiger charge is 2.26. The molecular formula is C12H25N3O2. The largest absolute Gasteiger partial charge is 0.368 e. The van der Waals surface area contributed by atoms with E-state index in [-0.39, 0.29) is 24.3 Å². The van der Waals surface area contributed by atoms with E-state index in [4.69, 9.17) is 11.5 Å². The van der Waals surface area contributed by atoms with Gasteiger partial charge in [-0.2, -0.15) is 0 Å². The zero-order valence-corrected chi connectivity index (χ0v) is 11.3. The van der Waals surface area contributed by atoms with Gasteiger partial charge in [0.05, 0.1) is 12.6 Å². The number of hydrogen-bond donors (Lipinski definition) is 2. The number of hydrogen-bond acceptors (Lipinski definition) is 3. The second-order valence-corrected chi connectivity index (χ2v) is 4.99. The summed E-state index contributed by atoms with van der Waals surface area (Å²) in [5.74, 6) is -0.310. The van der Waals surface area contributed by atoms with Crippen LogP contribution in [0.15, 0.2) is 0 Å². The van der Waals surface area contributed by atoms with Crippen molar-refractivity contribution in [3.8, 4) is 0 Å². The standard InChI is InChI=1S/C12H25N3O2/c1-5-9(4)11(14)12(17)15(6-8(2)3)7-10(13)16/h8-9,11H,5-7,14H2,1-4H3,(H2,13,16)/t9-,11-/m0/s1. The van der Waals surface area contributed by atoms with Crippen molar-refractivity contribution in [2.45, 2.75) is 40.2 Å². The normalized spacial score (nSPS) is 14.5. The number of carbonyl (C=O) groups is 2. The molecule has 0 bridgehead atoms. The molecule has 0 aromatic rings. The lowest BCUT2D eigenvalue weighted by atomic mass is 9.98. The van der Waals surface area contributed by atoms with Crippen molar-refractivity contribution in [3.63, 3.8) is 0 Å². The molecule has 5 nitrogen and oxygen atoms in total. The fraction of sp³-hybridized carbons (Fsp3) is 0.833. The molecule has 2 atom stereocenters. The molecule has 0 aliphatic rings. The van der Waals surface area contributed by atoms with Crippen molar-refractivity contribution < 1.29 is 9.59 Å². The summed E-state index contributed by atoms with van der Waals surface area (Å²) in [6, 6.07) is -0.557. The molecule has 0 aromatic carbocycles. The maximum atomic E-state index is 12.1. The third-order valence-corrected chi connectivity index (χ3v) is 2.79. The lowest BCUT2D eigenvalue weighted by Gasteiger charge is -2.28. The minimum absolute atomic E-state index is 0.0544. The Bertz CT molecular complexity index is 266. The summed E-state index contributed by atoms with van der Waals surface area (Å²) in [6.07, 6.45) is 0.832. The topological polar surface area (TPSA) is 89.4 Å². The van der Waals surface area contributed by atoms with Gasteiger partial charge >= 0.3 is 0 Å². The van der Waals surface area contributed by atoms with Gasteiger partial charge in [-0.05, 0) is 11.8 Å². The van der Waals surface area contributed by atoms with Gasteiger partial charge in [-0.15, -0.1) is 0 Å². The summed E-state index contributed by atoms with van der Waals surface area (Å²) in [4.78, 5) is 24.5. The van der Waals surface area contributed by atoms with Crippen LogP contribution in [-0.2, 0) is 9.59 Å². The van der Waals surface area contributed by atoms with Crippen LogP contribution in [0.3, 0.4) is 0 Å². The molecule has 0 aliphatic heterocycles. The zero-order chi connectivity index (χ0) is 13.6. The third-order valence-electron chi connectivity index (χ3n) is 2.79. The maximum Gasteiger partial charge on any atom is 0.240 e. The molecule has 0 heterocycles. The van der Waals surface area contributed by atoms with E-state index in [2.05, 4.69) is 0 Å². The van der Waals surface area contributed by atoms with Crippen molar-refractivity contribution in [3.05, 3.63) is 0 Å². The molecule has 0 aliphatic carbocycles. The maximum absolute atomic E-state index is 12.1. The minimum Gasteiger partial charge on any atom is -0.368 e. The summed E-state index contributed by atoms with van der Waals surface area (Å²) < 4.78 is 0. The molecule has 0 radical (unpaired) electrons. The van der Waals surface area contributed by atoms with Gasteiger partial charge in [-0.25, -0.2) is 0 Å². The van der Waals surface area contributed by atoms with Gasteiger partial charge in [0.25, 0.3) is 0 Å². The Kier molecular flexibility index (Phi) is 6.80. The Labute approximate surface area is 104 Å². The lowest BCUT2D eigenvalue weighted by Crippen LogP contribution is -2.50. The van der Waals surface area contributed by atoms with E-state index >= 15 is 0 Å². The highest BCUT2D eigenvalue weighted by molar-refractivity contribution is 5.86. The first-order chi connectivity index (χ1) is 7.79. The molecule has 0 spiro atoms. The molecule has 17 heavy (non-hydrogen) atoms. The molecule has 5 heteroatoms. The van der Waals surface area contributed by atoms with Gasteiger partial charge in [0, 0.05) is 6.54 Å². The number of amides is 2.